The molecule has 2 rings (SSSR count). The van der Waals surface area contributed by atoms with Crippen LogP contribution in [0.4, 0.5) is 0 Å². The maximum Gasteiger partial charge on any atom is 0.0618 e. The van der Waals surface area contributed by atoms with Gasteiger partial charge in [0, 0.05) is 19.2 Å². The SMILES string of the molecule is COCC(NC1CCCCC1)C1CC1. The van der Waals surface area contributed by atoms with Crippen LogP contribution in [0.25, 0.3) is 0 Å². The lowest BCUT2D eigenvalue weighted by molar-refractivity contribution is 0.146. The molecule has 2 heteroatoms. The van der Waals surface area contributed by atoms with Gasteiger partial charge >= 0.3 is 0 Å². The number of hydrogen-bond donors (Lipinski definition) is 1. The van der Waals surface area contributed by atoms with Crippen molar-refractivity contribution in [3.63, 3.8) is 0 Å². The maximum atomic E-state index is 5.28. The van der Waals surface area contributed by atoms with E-state index in [2.05, 4.69) is 5.32 Å². The summed E-state index contributed by atoms with van der Waals surface area (Å²) in [5.74, 6) is 0.914. The van der Waals surface area contributed by atoms with Gasteiger partial charge in [-0.05, 0) is 31.6 Å². The Bertz CT molecular complexity index is 162. The molecule has 0 radical (unpaired) electrons. The molecule has 0 bridgehead atoms. The predicted octanol–water partition coefficient (Wildman–Crippen LogP) is 2.33. The molecule has 2 aliphatic carbocycles. The fourth-order valence-corrected chi connectivity index (χ4v) is 2.57. The molecule has 1 unspecified atom stereocenters. The number of rotatable bonds is 5. The van der Waals surface area contributed by atoms with Gasteiger partial charge in [-0.1, -0.05) is 19.3 Å². The molecule has 14 heavy (non-hydrogen) atoms. The predicted molar refractivity (Wildman–Crippen MR) is 58.4 cm³/mol. The fraction of sp³-hybridized carbons (Fsp3) is 1.00. The highest BCUT2D eigenvalue weighted by molar-refractivity contribution is 4.89. The molecule has 2 fully saturated rings. The van der Waals surface area contributed by atoms with Crippen LogP contribution in [0.15, 0.2) is 0 Å². The van der Waals surface area contributed by atoms with Crippen LogP contribution in [0.5, 0.6) is 0 Å². The third-order valence-electron chi connectivity index (χ3n) is 3.59. The summed E-state index contributed by atoms with van der Waals surface area (Å²) in [6.07, 6.45) is 9.86. The summed E-state index contributed by atoms with van der Waals surface area (Å²) in [5.41, 5.74) is 0. The average molecular weight is 197 g/mol. The smallest absolute Gasteiger partial charge is 0.0618 e. The fourth-order valence-electron chi connectivity index (χ4n) is 2.57. The van der Waals surface area contributed by atoms with Crippen LogP contribution in [0.3, 0.4) is 0 Å². The molecule has 1 N–H and O–H groups in total. The zero-order chi connectivity index (χ0) is 9.80. The standard InChI is InChI=1S/C12H23NO/c1-14-9-12(10-7-8-10)13-11-5-3-2-4-6-11/h10-13H,2-9H2,1H3. The van der Waals surface area contributed by atoms with Crippen molar-refractivity contribution in [3.8, 4) is 0 Å². The summed E-state index contributed by atoms with van der Waals surface area (Å²) in [7, 11) is 1.82. The Morgan fingerprint density at radius 1 is 1.14 bits per heavy atom. The molecular formula is C12H23NO. The summed E-state index contributed by atoms with van der Waals surface area (Å²) < 4.78 is 5.28. The van der Waals surface area contributed by atoms with Crippen LogP contribution in [0.2, 0.25) is 0 Å². The van der Waals surface area contributed by atoms with E-state index in [1.165, 1.54) is 44.9 Å². The minimum atomic E-state index is 0.642. The second-order valence-corrected chi connectivity index (χ2v) is 4.90. The zero-order valence-corrected chi connectivity index (χ0v) is 9.30. The monoisotopic (exact) mass is 197 g/mol. The molecule has 0 heterocycles. The Hall–Kier alpha value is -0.0800. The first-order valence-corrected chi connectivity index (χ1v) is 6.15. The van der Waals surface area contributed by atoms with Gasteiger partial charge in [0.05, 0.1) is 6.61 Å². The molecule has 0 saturated heterocycles. The number of ether oxygens (including phenoxy) is 1. The third-order valence-corrected chi connectivity index (χ3v) is 3.59. The van der Waals surface area contributed by atoms with Crippen molar-refractivity contribution in [2.75, 3.05) is 13.7 Å². The first-order chi connectivity index (χ1) is 6.90. The van der Waals surface area contributed by atoms with Crippen molar-refractivity contribution in [1.82, 2.24) is 5.32 Å². The van der Waals surface area contributed by atoms with Crippen molar-refractivity contribution < 1.29 is 4.74 Å². The number of methoxy groups -OCH3 is 1. The Morgan fingerprint density at radius 3 is 2.43 bits per heavy atom. The van der Waals surface area contributed by atoms with Crippen molar-refractivity contribution in [2.24, 2.45) is 5.92 Å². The van der Waals surface area contributed by atoms with Gasteiger partial charge in [0.15, 0.2) is 0 Å². The lowest BCUT2D eigenvalue weighted by Crippen LogP contribution is -2.43. The van der Waals surface area contributed by atoms with Crippen LogP contribution < -0.4 is 5.32 Å². The molecule has 2 aliphatic rings. The second-order valence-electron chi connectivity index (χ2n) is 4.90. The van der Waals surface area contributed by atoms with Crippen molar-refractivity contribution in [2.45, 2.75) is 57.0 Å². The Balaban J connectivity index is 1.73. The topological polar surface area (TPSA) is 21.3 Å². The van der Waals surface area contributed by atoms with Gasteiger partial charge < -0.3 is 10.1 Å². The molecule has 0 aromatic rings. The minimum Gasteiger partial charge on any atom is -0.383 e. The van der Waals surface area contributed by atoms with E-state index in [1.54, 1.807) is 0 Å². The van der Waals surface area contributed by atoms with Gasteiger partial charge in [-0.2, -0.15) is 0 Å². The molecule has 0 amide bonds. The van der Waals surface area contributed by atoms with Gasteiger partial charge in [0.2, 0.25) is 0 Å². The third kappa shape index (κ3) is 2.96. The van der Waals surface area contributed by atoms with Crippen LogP contribution in [0, 0.1) is 5.92 Å². The van der Waals surface area contributed by atoms with E-state index in [0.29, 0.717) is 6.04 Å². The molecule has 0 aromatic carbocycles. The van der Waals surface area contributed by atoms with Crippen LogP contribution in [-0.2, 0) is 4.74 Å². The summed E-state index contributed by atoms with van der Waals surface area (Å²) >= 11 is 0. The van der Waals surface area contributed by atoms with E-state index in [9.17, 15) is 0 Å². The maximum absolute atomic E-state index is 5.28. The van der Waals surface area contributed by atoms with Crippen LogP contribution in [-0.4, -0.2) is 25.8 Å². The van der Waals surface area contributed by atoms with E-state index in [-0.39, 0.29) is 0 Å². The highest BCUT2D eigenvalue weighted by atomic mass is 16.5. The average Bonchev–Trinajstić information content (AvgIpc) is 3.02. The van der Waals surface area contributed by atoms with Crippen molar-refractivity contribution >= 4 is 0 Å². The molecule has 2 nitrogen and oxygen atoms in total. The van der Waals surface area contributed by atoms with E-state index in [0.717, 1.165) is 18.6 Å². The van der Waals surface area contributed by atoms with Crippen molar-refractivity contribution in [1.29, 1.82) is 0 Å². The summed E-state index contributed by atoms with van der Waals surface area (Å²) in [6, 6.07) is 1.42. The molecule has 0 spiro atoms. The first kappa shape index (κ1) is 10.4. The number of hydrogen-bond acceptors (Lipinski definition) is 2. The zero-order valence-electron chi connectivity index (χ0n) is 9.30. The highest BCUT2D eigenvalue weighted by Gasteiger charge is 2.32. The lowest BCUT2D eigenvalue weighted by Gasteiger charge is -2.28. The van der Waals surface area contributed by atoms with E-state index < -0.39 is 0 Å². The Kier molecular flexibility index (Phi) is 3.82. The van der Waals surface area contributed by atoms with Gasteiger partial charge in [-0.25, -0.2) is 0 Å². The molecule has 82 valence electrons. The summed E-state index contributed by atoms with van der Waals surface area (Å²) in [4.78, 5) is 0. The summed E-state index contributed by atoms with van der Waals surface area (Å²) in [5, 5.41) is 3.79. The molecule has 0 aromatic heterocycles. The largest absolute Gasteiger partial charge is 0.383 e. The highest BCUT2D eigenvalue weighted by Crippen LogP contribution is 2.33. The molecular weight excluding hydrogens is 174 g/mol. The van der Waals surface area contributed by atoms with Gasteiger partial charge in [-0.3, -0.25) is 0 Å². The quantitative estimate of drug-likeness (QED) is 0.730. The normalized spacial score (nSPS) is 26.4. The van der Waals surface area contributed by atoms with Crippen molar-refractivity contribution in [3.05, 3.63) is 0 Å². The second kappa shape index (κ2) is 5.13. The van der Waals surface area contributed by atoms with Gasteiger partial charge in [0.25, 0.3) is 0 Å². The Morgan fingerprint density at radius 2 is 1.86 bits per heavy atom. The van der Waals surface area contributed by atoms with Crippen LogP contribution >= 0.6 is 0 Å². The summed E-state index contributed by atoms with van der Waals surface area (Å²) in [6.45, 7) is 0.904. The van der Waals surface area contributed by atoms with Gasteiger partial charge in [-0.15, -0.1) is 0 Å². The minimum absolute atomic E-state index is 0.642. The van der Waals surface area contributed by atoms with E-state index >= 15 is 0 Å². The lowest BCUT2D eigenvalue weighted by atomic mass is 9.94. The first-order valence-electron chi connectivity index (χ1n) is 6.15. The molecule has 1 atom stereocenters. The van der Waals surface area contributed by atoms with E-state index in [4.69, 9.17) is 4.74 Å². The van der Waals surface area contributed by atoms with Gasteiger partial charge in [0.1, 0.15) is 0 Å². The van der Waals surface area contributed by atoms with E-state index in [1.807, 2.05) is 7.11 Å². The van der Waals surface area contributed by atoms with Crippen LogP contribution in [0.1, 0.15) is 44.9 Å². The molecule has 2 saturated carbocycles. The Labute approximate surface area is 87.4 Å². The molecule has 0 aliphatic heterocycles. The number of nitrogens with one attached hydrogen (secondary N) is 1.